The van der Waals surface area contributed by atoms with Crippen molar-refractivity contribution < 1.29 is 9.90 Å². The van der Waals surface area contributed by atoms with Crippen LogP contribution in [0.1, 0.15) is 16.2 Å². The van der Waals surface area contributed by atoms with E-state index in [1.165, 1.54) is 0 Å². The van der Waals surface area contributed by atoms with Crippen LogP contribution in [0.3, 0.4) is 0 Å². The summed E-state index contributed by atoms with van der Waals surface area (Å²) in [6, 6.07) is 9.64. The third-order valence-corrected chi connectivity index (χ3v) is 4.77. The number of aliphatic hydroxyl groups is 1. The molecule has 0 spiro atoms. The molecule has 3 heterocycles. The van der Waals surface area contributed by atoms with Crippen LogP contribution in [0.5, 0.6) is 0 Å². The minimum atomic E-state index is -0.432. The molecule has 1 aliphatic rings. The van der Waals surface area contributed by atoms with E-state index in [0.29, 0.717) is 25.3 Å². The van der Waals surface area contributed by atoms with Crippen molar-refractivity contribution in [3.05, 3.63) is 47.9 Å². The SMILES string of the molecule is Cc1c(C(=O)NCC2CNCC2O)nnn1-c1ccc2ncccc2c1.Cl.Cl. The summed E-state index contributed by atoms with van der Waals surface area (Å²) in [5.41, 5.74) is 2.67. The van der Waals surface area contributed by atoms with Crippen LogP contribution < -0.4 is 10.6 Å². The first-order valence-electron chi connectivity index (χ1n) is 8.58. The van der Waals surface area contributed by atoms with E-state index < -0.39 is 6.10 Å². The molecule has 10 heteroatoms. The van der Waals surface area contributed by atoms with Gasteiger partial charge in [0.1, 0.15) is 0 Å². The van der Waals surface area contributed by atoms with E-state index in [4.69, 9.17) is 0 Å². The third-order valence-electron chi connectivity index (χ3n) is 4.77. The van der Waals surface area contributed by atoms with Gasteiger partial charge in [0.2, 0.25) is 0 Å². The standard InChI is InChI=1S/C18H20N6O2.2ClH/c1-11-17(18(26)21-9-13-8-19-10-16(13)25)22-23-24(11)14-4-5-15-12(7-14)3-2-6-20-15;;/h2-7,13,16,19,25H,8-10H2,1H3,(H,21,26);2*1H. The molecule has 1 fully saturated rings. The normalized spacial score (nSPS) is 18.4. The molecular formula is C18H22Cl2N6O2. The molecule has 0 aliphatic carbocycles. The Balaban J connectivity index is 0.00000140. The largest absolute Gasteiger partial charge is 0.391 e. The molecule has 0 bridgehead atoms. The Bertz CT molecular complexity index is 964. The average Bonchev–Trinajstić information content (AvgIpc) is 3.25. The van der Waals surface area contributed by atoms with Crippen molar-refractivity contribution in [1.82, 2.24) is 30.6 Å². The molecule has 2 aromatic heterocycles. The van der Waals surface area contributed by atoms with E-state index in [-0.39, 0.29) is 42.3 Å². The van der Waals surface area contributed by atoms with Crippen LogP contribution >= 0.6 is 24.8 Å². The fraction of sp³-hybridized carbons (Fsp3) is 0.333. The van der Waals surface area contributed by atoms with E-state index in [1.807, 2.05) is 37.3 Å². The van der Waals surface area contributed by atoms with E-state index in [1.54, 1.807) is 10.9 Å². The highest BCUT2D eigenvalue weighted by Crippen LogP contribution is 2.18. The quantitative estimate of drug-likeness (QED) is 0.582. The Morgan fingerprint density at radius 2 is 2.14 bits per heavy atom. The maximum absolute atomic E-state index is 12.4. The second-order valence-electron chi connectivity index (χ2n) is 6.51. The number of aromatic nitrogens is 4. The van der Waals surface area contributed by atoms with Crippen molar-refractivity contribution in [2.75, 3.05) is 19.6 Å². The number of rotatable bonds is 4. The van der Waals surface area contributed by atoms with E-state index in [0.717, 1.165) is 16.6 Å². The number of nitrogens with zero attached hydrogens (tertiary/aromatic N) is 4. The van der Waals surface area contributed by atoms with Gasteiger partial charge in [0, 0.05) is 37.1 Å². The number of halogens is 2. The zero-order chi connectivity index (χ0) is 18.1. The van der Waals surface area contributed by atoms with Gasteiger partial charge in [0.25, 0.3) is 5.91 Å². The van der Waals surface area contributed by atoms with E-state index in [9.17, 15) is 9.90 Å². The molecule has 1 amide bonds. The maximum Gasteiger partial charge on any atom is 0.273 e. The highest BCUT2D eigenvalue weighted by Gasteiger charge is 2.26. The van der Waals surface area contributed by atoms with E-state index >= 15 is 0 Å². The number of β-amino-alcohol motifs (C(OH)–C–C–N with tert-alkyl or cyclic N) is 1. The van der Waals surface area contributed by atoms with Crippen molar-refractivity contribution in [3.63, 3.8) is 0 Å². The second kappa shape index (κ2) is 9.29. The number of amides is 1. The molecule has 1 saturated heterocycles. The summed E-state index contributed by atoms with van der Waals surface area (Å²) in [5.74, 6) is -0.266. The van der Waals surface area contributed by atoms with Crippen LogP contribution in [0.4, 0.5) is 0 Å². The molecule has 2 unspecified atom stereocenters. The number of carbonyl (C=O) groups excluding carboxylic acids is 1. The maximum atomic E-state index is 12.4. The van der Waals surface area contributed by atoms with Crippen LogP contribution in [0.25, 0.3) is 16.6 Å². The van der Waals surface area contributed by atoms with E-state index in [2.05, 4.69) is 25.9 Å². The molecule has 8 nitrogen and oxygen atoms in total. The van der Waals surface area contributed by atoms with Crippen molar-refractivity contribution in [2.45, 2.75) is 13.0 Å². The molecule has 4 rings (SSSR count). The molecule has 0 saturated carbocycles. The predicted octanol–water partition coefficient (Wildman–Crippen LogP) is 1.28. The minimum Gasteiger partial charge on any atom is -0.391 e. The van der Waals surface area contributed by atoms with Crippen molar-refractivity contribution >= 4 is 41.6 Å². The van der Waals surface area contributed by atoms with Crippen LogP contribution in [0.15, 0.2) is 36.5 Å². The lowest BCUT2D eigenvalue weighted by atomic mass is 10.1. The smallest absolute Gasteiger partial charge is 0.273 e. The van der Waals surface area contributed by atoms with Gasteiger partial charge < -0.3 is 15.7 Å². The van der Waals surface area contributed by atoms with Crippen molar-refractivity contribution in [2.24, 2.45) is 5.92 Å². The number of pyridine rings is 1. The molecule has 28 heavy (non-hydrogen) atoms. The van der Waals surface area contributed by atoms with Gasteiger partial charge in [-0.2, -0.15) is 0 Å². The number of hydrogen-bond donors (Lipinski definition) is 3. The fourth-order valence-corrected chi connectivity index (χ4v) is 3.21. The first kappa shape index (κ1) is 22.0. The van der Waals surface area contributed by atoms with Gasteiger partial charge in [-0.15, -0.1) is 29.9 Å². The molecule has 150 valence electrons. The third kappa shape index (κ3) is 4.25. The summed E-state index contributed by atoms with van der Waals surface area (Å²) in [4.78, 5) is 16.8. The average molecular weight is 425 g/mol. The Morgan fingerprint density at radius 1 is 1.32 bits per heavy atom. The molecule has 3 aromatic rings. The molecule has 3 N–H and O–H groups in total. The topological polar surface area (TPSA) is 105 Å². The van der Waals surface area contributed by atoms with Crippen LogP contribution in [-0.4, -0.2) is 56.7 Å². The number of fused-ring (bicyclic) bond motifs is 1. The lowest BCUT2D eigenvalue weighted by molar-refractivity contribution is 0.0921. The highest BCUT2D eigenvalue weighted by atomic mass is 35.5. The second-order valence-corrected chi connectivity index (χ2v) is 6.51. The van der Waals surface area contributed by atoms with Gasteiger partial charge in [0.05, 0.1) is 23.0 Å². The summed E-state index contributed by atoms with van der Waals surface area (Å²) >= 11 is 0. The Labute approximate surface area is 174 Å². The van der Waals surface area contributed by atoms with Gasteiger partial charge >= 0.3 is 0 Å². The number of hydrogen-bond acceptors (Lipinski definition) is 6. The Kier molecular flexibility index (Phi) is 7.31. The summed E-state index contributed by atoms with van der Waals surface area (Å²) in [5, 5.41) is 24.9. The predicted molar refractivity (Wildman–Crippen MR) is 111 cm³/mol. The van der Waals surface area contributed by atoms with Crippen molar-refractivity contribution in [3.8, 4) is 5.69 Å². The first-order chi connectivity index (χ1) is 12.6. The Hall–Kier alpha value is -2.26. The summed E-state index contributed by atoms with van der Waals surface area (Å²) in [6.07, 6.45) is 1.32. The lowest BCUT2D eigenvalue weighted by Gasteiger charge is -2.13. The summed E-state index contributed by atoms with van der Waals surface area (Å²) < 4.78 is 1.65. The zero-order valence-corrected chi connectivity index (χ0v) is 16.8. The summed E-state index contributed by atoms with van der Waals surface area (Å²) in [6.45, 7) is 3.47. The highest BCUT2D eigenvalue weighted by molar-refractivity contribution is 5.93. The number of aliphatic hydroxyl groups excluding tert-OH is 1. The van der Waals surface area contributed by atoms with Gasteiger partial charge in [-0.25, -0.2) is 4.68 Å². The van der Waals surface area contributed by atoms with Crippen LogP contribution in [0, 0.1) is 12.8 Å². The molecular weight excluding hydrogens is 403 g/mol. The fourth-order valence-electron chi connectivity index (χ4n) is 3.21. The number of carbonyl (C=O) groups is 1. The van der Waals surface area contributed by atoms with Gasteiger partial charge in [-0.05, 0) is 31.2 Å². The molecule has 0 radical (unpaired) electrons. The van der Waals surface area contributed by atoms with Gasteiger partial charge in [-0.1, -0.05) is 11.3 Å². The van der Waals surface area contributed by atoms with Crippen molar-refractivity contribution in [1.29, 1.82) is 0 Å². The minimum absolute atomic E-state index is 0. The Morgan fingerprint density at radius 3 is 2.89 bits per heavy atom. The molecule has 1 aliphatic heterocycles. The summed E-state index contributed by atoms with van der Waals surface area (Å²) in [7, 11) is 0. The van der Waals surface area contributed by atoms with Gasteiger partial charge in [0.15, 0.2) is 5.69 Å². The van der Waals surface area contributed by atoms with Crippen LogP contribution in [-0.2, 0) is 0 Å². The van der Waals surface area contributed by atoms with Crippen LogP contribution in [0.2, 0.25) is 0 Å². The molecule has 1 aromatic carbocycles. The zero-order valence-electron chi connectivity index (χ0n) is 15.2. The number of benzene rings is 1. The number of nitrogens with one attached hydrogen (secondary N) is 2. The lowest BCUT2D eigenvalue weighted by Crippen LogP contribution is -2.34. The monoisotopic (exact) mass is 424 g/mol. The molecule has 2 atom stereocenters. The van der Waals surface area contributed by atoms with Gasteiger partial charge in [-0.3, -0.25) is 9.78 Å². The first-order valence-corrected chi connectivity index (χ1v) is 8.58.